The van der Waals surface area contributed by atoms with Crippen molar-refractivity contribution in [2.24, 2.45) is 17.8 Å². The molecule has 3 atom stereocenters. The van der Waals surface area contributed by atoms with Crippen LogP contribution in [0, 0.1) is 17.8 Å². The standard InChI is InChI=1S/C17H22BrNO/c18-15-7-8-16(19-11-15)10-17(20)14-6-5-12-3-1-2-4-13(12)9-14/h7-8,11-14H,1-6,9-10H2. The number of aromatic nitrogens is 1. The van der Waals surface area contributed by atoms with E-state index >= 15 is 0 Å². The summed E-state index contributed by atoms with van der Waals surface area (Å²) in [6.07, 6.45) is 11.3. The second-order valence-electron chi connectivity index (χ2n) is 6.43. The Morgan fingerprint density at radius 1 is 1.15 bits per heavy atom. The van der Waals surface area contributed by atoms with Gasteiger partial charge in [-0.15, -0.1) is 0 Å². The average Bonchev–Trinajstić information content (AvgIpc) is 2.49. The Bertz CT molecular complexity index is 470. The van der Waals surface area contributed by atoms with Crippen LogP contribution < -0.4 is 0 Å². The van der Waals surface area contributed by atoms with Gasteiger partial charge in [0.05, 0.1) is 0 Å². The maximum absolute atomic E-state index is 12.5. The largest absolute Gasteiger partial charge is 0.299 e. The number of Topliss-reactive ketones (excluding diaryl/α,β-unsaturated/α-hetero) is 1. The molecule has 20 heavy (non-hydrogen) atoms. The number of hydrogen-bond acceptors (Lipinski definition) is 2. The van der Waals surface area contributed by atoms with Crippen molar-refractivity contribution in [2.75, 3.05) is 0 Å². The van der Waals surface area contributed by atoms with Gasteiger partial charge in [0.2, 0.25) is 0 Å². The predicted molar refractivity (Wildman–Crippen MR) is 83.4 cm³/mol. The van der Waals surface area contributed by atoms with Gasteiger partial charge in [0.15, 0.2) is 0 Å². The van der Waals surface area contributed by atoms with E-state index in [1.165, 1.54) is 32.1 Å². The number of halogens is 1. The highest BCUT2D eigenvalue weighted by molar-refractivity contribution is 9.10. The van der Waals surface area contributed by atoms with Crippen molar-refractivity contribution in [1.82, 2.24) is 4.98 Å². The molecule has 108 valence electrons. The van der Waals surface area contributed by atoms with Crippen LogP contribution in [-0.4, -0.2) is 10.8 Å². The van der Waals surface area contributed by atoms with Gasteiger partial charge in [-0.05, 0) is 59.2 Å². The number of fused-ring (bicyclic) bond motifs is 1. The predicted octanol–water partition coefficient (Wildman–Crippen LogP) is 4.56. The third-order valence-corrected chi connectivity index (χ3v) is 5.61. The van der Waals surface area contributed by atoms with Crippen molar-refractivity contribution in [2.45, 2.75) is 51.4 Å². The van der Waals surface area contributed by atoms with Gasteiger partial charge in [-0.3, -0.25) is 9.78 Å². The number of pyridine rings is 1. The zero-order chi connectivity index (χ0) is 13.9. The molecular weight excluding hydrogens is 314 g/mol. The van der Waals surface area contributed by atoms with Gasteiger partial charge in [0, 0.05) is 28.7 Å². The molecule has 0 saturated heterocycles. The first-order valence-electron chi connectivity index (χ1n) is 7.85. The first kappa shape index (κ1) is 14.2. The number of rotatable bonds is 3. The number of ketones is 1. The lowest BCUT2D eigenvalue weighted by Gasteiger charge is -2.38. The summed E-state index contributed by atoms with van der Waals surface area (Å²) in [5, 5.41) is 0. The maximum atomic E-state index is 12.5. The van der Waals surface area contributed by atoms with Crippen molar-refractivity contribution in [3.8, 4) is 0 Å². The van der Waals surface area contributed by atoms with Gasteiger partial charge in [-0.2, -0.15) is 0 Å². The lowest BCUT2D eigenvalue weighted by atomic mass is 9.66. The van der Waals surface area contributed by atoms with E-state index in [0.717, 1.165) is 34.8 Å². The third kappa shape index (κ3) is 3.30. The summed E-state index contributed by atoms with van der Waals surface area (Å²) < 4.78 is 0.969. The van der Waals surface area contributed by atoms with Crippen molar-refractivity contribution in [1.29, 1.82) is 0 Å². The SMILES string of the molecule is O=C(Cc1ccc(Br)cn1)C1CCC2CCCCC2C1. The topological polar surface area (TPSA) is 30.0 Å². The molecule has 1 aromatic rings. The number of hydrogen-bond donors (Lipinski definition) is 0. The lowest BCUT2D eigenvalue weighted by Crippen LogP contribution is -2.31. The molecular formula is C17H22BrNO. The molecule has 0 aromatic carbocycles. The van der Waals surface area contributed by atoms with E-state index in [1.807, 2.05) is 12.1 Å². The summed E-state index contributed by atoms with van der Waals surface area (Å²) >= 11 is 3.38. The van der Waals surface area contributed by atoms with Crippen LogP contribution in [0.15, 0.2) is 22.8 Å². The molecule has 0 radical (unpaired) electrons. The zero-order valence-corrected chi connectivity index (χ0v) is 13.4. The second kappa shape index (κ2) is 6.38. The van der Waals surface area contributed by atoms with Gasteiger partial charge < -0.3 is 0 Å². The maximum Gasteiger partial charge on any atom is 0.141 e. The van der Waals surface area contributed by atoms with Gasteiger partial charge in [0.25, 0.3) is 0 Å². The van der Waals surface area contributed by atoms with Crippen molar-refractivity contribution in [3.63, 3.8) is 0 Å². The Hall–Kier alpha value is -0.700. The Morgan fingerprint density at radius 2 is 1.95 bits per heavy atom. The van der Waals surface area contributed by atoms with E-state index < -0.39 is 0 Å². The summed E-state index contributed by atoms with van der Waals surface area (Å²) in [4.78, 5) is 16.8. The Morgan fingerprint density at radius 3 is 2.70 bits per heavy atom. The Kier molecular flexibility index (Phi) is 4.54. The quantitative estimate of drug-likeness (QED) is 0.810. The highest BCUT2D eigenvalue weighted by Gasteiger charge is 2.34. The highest BCUT2D eigenvalue weighted by atomic mass is 79.9. The van der Waals surface area contributed by atoms with E-state index in [4.69, 9.17) is 0 Å². The van der Waals surface area contributed by atoms with Crippen LogP contribution in [0.4, 0.5) is 0 Å². The van der Waals surface area contributed by atoms with Crippen LogP contribution >= 0.6 is 15.9 Å². The summed E-state index contributed by atoms with van der Waals surface area (Å²) in [7, 11) is 0. The average molecular weight is 336 g/mol. The Balaban J connectivity index is 1.58. The molecule has 2 aliphatic rings. The monoisotopic (exact) mass is 335 g/mol. The molecule has 3 rings (SSSR count). The summed E-state index contributed by atoms with van der Waals surface area (Å²) in [6, 6.07) is 3.92. The van der Waals surface area contributed by atoms with Gasteiger partial charge in [-0.25, -0.2) is 0 Å². The van der Waals surface area contributed by atoms with Crippen molar-refractivity contribution < 1.29 is 4.79 Å². The molecule has 3 unspecified atom stereocenters. The van der Waals surface area contributed by atoms with Crippen LogP contribution in [0.5, 0.6) is 0 Å². The molecule has 3 heteroatoms. The third-order valence-electron chi connectivity index (χ3n) is 5.14. The van der Waals surface area contributed by atoms with Crippen LogP contribution in [0.1, 0.15) is 50.6 Å². The molecule has 2 saturated carbocycles. The van der Waals surface area contributed by atoms with E-state index in [1.54, 1.807) is 6.20 Å². The molecule has 2 fully saturated rings. The van der Waals surface area contributed by atoms with Crippen LogP contribution in [0.25, 0.3) is 0 Å². The Labute approximate surface area is 129 Å². The van der Waals surface area contributed by atoms with Crippen molar-refractivity contribution >= 4 is 21.7 Å². The minimum absolute atomic E-state index is 0.291. The van der Waals surface area contributed by atoms with Gasteiger partial charge >= 0.3 is 0 Å². The molecule has 0 aliphatic heterocycles. The molecule has 0 N–H and O–H groups in total. The summed E-state index contributed by atoms with van der Waals surface area (Å²) in [6.45, 7) is 0. The van der Waals surface area contributed by atoms with E-state index in [9.17, 15) is 4.79 Å². The fourth-order valence-electron chi connectivity index (χ4n) is 4.00. The second-order valence-corrected chi connectivity index (χ2v) is 7.34. The summed E-state index contributed by atoms with van der Waals surface area (Å²) in [5.41, 5.74) is 0.906. The molecule has 0 spiro atoms. The molecule has 2 aliphatic carbocycles. The molecule has 0 bridgehead atoms. The van der Waals surface area contributed by atoms with Crippen molar-refractivity contribution in [3.05, 3.63) is 28.5 Å². The smallest absolute Gasteiger partial charge is 0.141 e. The van der Waals surface area contributed by atoms with Gasteiger partial charge in [0.1, 0.15) is 5.78 Å². The van der Waals surface area contributed by atoms with Gasteiger partial charge in [-0.1, -0.05) is 25.7 Å². The first-order valence-corrected chi connectivity index (χ1v) is 8.65. The van der Waals surface area contributed by atoms with E-state index in [0.29, 0.717) is 18.1 Å². The van der Waals surface area contributed by atoms with Crippen LogP contribution in [-0.2, 0) is 11.2 Å². The van der Waals surface area contributed by atoms with Crippen LogP contribution in [0.2, 0.25) is 0 Å². The lowest BCUT2D eigenvalue weighted by molar-refractivity contribution is -0.124. The minimum atomic E-state index is 0.291. The molecule has 1 aromatic heterocycles. The fraction of sp³-hybridized carbons (Fsp3) is 0.647. The minimum Gasteiger partial charge on any atom is -0.299 e. The molecule has 2 nitrogen and oxygen atoms in total. The zero-order valence-electron chi connectivity index (χ0n) is 11.9. The number of carbonyl (C=O) groups excluding carboxylic acids is 1. The van der Waals surface area contributed by atoms with E-state index in [-0.39, 0.29) is 0 Å². The first-order chi connectivity index (χ1) is 9.72. The number of carbonyl (C=O) groups is 1. The molecule has 1 heterocycles. The van der Waals surface area contributed by atoms with E-state index in [2.05, 4.69) is 20.9 Å². The normalized spacial score (nSPS) is 29.8. The number of nitrogens with zero attached hydrogens (tertiary/aromatic N) is 1. The summed E-state index contributed by atoms with van der Waals surface area (Å²) in [5.74, 6) is 2.44. The fourth-order valence-corrected chi connectivity index (χ4v) is 4.23. The van der Waals surface area contributed by atoms with Crippen LogP contribution in [0.3, 0.4) is 0 Å². The highest BCUT2D eigenvalue weighted by Crippen LogP contribution is 2.43. The molecule has 0 amide bonds.